The first-order chi connectivity index (χ1) is 8.74. The molecule has 0 aromatic carbocycles. The Morgan fingerprint density at radius 3 is 3.11 bits per heavy atom. The summed E-state index contributed by atoms with van der Waals surface area (Å²) < 4.78 is 1.83. The molecular weight excluding hydrogens is 248 g/mol. The van der Waals surface area contributed by atoms with Crippen molar-refractivity contribution in [1.82, 2.24) is 24.6 Å². The van der Waals surface area contributed by atoms with Crippen molar-refractivity contribution >= 4 is 22.8 Å². The molecular formula is C11H12N6S. The molecule has 0 aliphatic carbocycles. The fourth-order valence-electron chi connectivity index (χ4n) is 1.70. The van der Waals surface area contributed by atoms with Gasteiger partial charge in [0.1, 0.15) is 11.3 Å². The molecule has 0 fully saturated rings. The third-order valence-corrected chi connectivity index (χ3v) is 3.72. The highest BCUT2D eigenvalue weighted by Gasteiger charge is 2.12. The number of rotatable bonds is 3. The summed E-state index contributed by atoms with van der Waals surface area (Å²) in [5.41, 5.74) is 1.76. The first-order valence-electron chi connectivity index (χ1n) is 5.57. The molecule has 3 aromatic heterocycles. The van der Waals surface area contributed by atoms with Gasteiger partial charge in [-0.05, 0) is 13.8 Å². The van der Waals surface area contributed by atoms with Crippen LogP contribution in [-0.2, 0) is 0 Å². The minimum atomic E-state index is 0.0964. The summed E-state index contributed by atoms with van der Waals surface area (Å²) in [7, 11) is 0. The number of anilines is 1. The standard InChI is InChI=1S/C11H12N6S/c1-7-5-18-11(14-7)8(2)15-9-10-16-13-6-17(10)4-3-12-9/h3-6,8H,1-2H3,(H,12,15). The Kier molecular flexibility index (Phi) is 2.67. The smallest absolute Gasteiger partial charge is 0.203 e. The Morgan fingerprint density at radius 1 is 1.44 bits per heavy atom. The van der Waals surface area contributed by atoms with Crippen molar-refractivity contribution in [2.45, 2.75) is 19.9 Å². The lowest BCUT2D eigenvalue weighted by atomic mass is 10.3. The fourth-order valence-corrected chi connectivity index (χ4v) is 2.50. The second kappa shape index (κ2) is 4.34. The Bertz CT molecular complexity index is 673. The van der Waals surface area contributed by atoms with E-state index in [4.69, 9.17) is 0 Å². The summed E-state index contributed by atoms with van der Waals surface area (Å²) >= 11 is 1.64. The number of hydrogen-bond donors (Lipinski definition) is 1. The molecule has 0 radical (unpaired) electrons. The average Bonchev–Trinajstić information content (AvgIpc) is 2.97. The highest BCUT2D eigenvalue weighted by molar-refractivity contribution is 7.09. The topological polar surface area (TPSA) is 68.0 Å². The lowest BCUT2D eigenvalue weighted by molar-refractivity contribution is 0.853. The molecule has 3 rings (SSSR count). The van der Waals surface area contributed by atoms with Crippen LogP contribution in [0.25, 0.3) is 5.65 Å². The van der Waals surface area contributed by atoms with Gasteiger partial charge >= 0.3 is 0 Å². The molecule has 0 amide bonds. The van der Waals surface area contributed by atoms with E-state index in [-0.39, 0.29) is 6.04 Å². The molecule has 1 unspecified atom stereocenters. The van der Waals surface area contributed by atoms with E-state index in [1.165, 1.54) is 0 Å². The molecule has 18 heavy (non-hydrogen) atoms. The predicted octanol–water partition coefficient (Wildman–Crippen LogP) is 2.06. The number of fused-ring (bicyclic) bond motifs is 1. The second-order valence-corrected chi connectivity index (χ2v) is 4.92. The van der Waals surface area contributed by atoms with E-state index in [1.807, 2.05) is 22.9 Å². The Hall–Kier alpha value is -2.02. The summed E-state index contributed by atoms with van der Waals surface area (Å²) in [6.07, 6.45) is 5.19. The lowest BCUT2D eigenvalue weighted by Gasteiger charge is -2.11. The zero-order valence-corrected chi connectivity index (χ0v) is 10.8. The molecule has 1 atom stereocenters. The molecule has 0 aliphatic heterocycles. The third-order valence-electron chi connectivity index (χ3n) is 2.58. The molecule has 7 heteroatoms. The van der Waals surface area contributed by atoms with Gasteiger partial charge in [0.25, 0.3) is 0 Å². The van der Waals surface area contributed by atoms with Gasteiger partial charge in [-0.1, -0.05) is 0 Å². The summed E-state index contributed by atoms with van der Waals surface area (Å²) in [6, 6.07) is 0.0964. The van der Waals surface area contributed by atoms with Crippen LogP contribution in [0.1, 0.15) is 23.7 Å². The molecule has 0 spiro atoms. The number of aryl methyl sites for hydroxylation is 1. The maximum absolute atomic E-state index is 4.46. The van der Waals surface area contributed by atoms with Crippen LogP contribution in [0.2, 0.25) is 0 Å². The highest BCUT2D eigenvalue weighted by Crippen LogP contribution is 2.22. The Labute approximate surface area is 108 Å². The van der Waals surface area contributed by atoms with Gasteiger partial charge in [0.15, 0.2) is 5.82 Å². The van der Waals surface area contributed by atoms with Crippen LogP contribution in [-0.4, -0.2) is 24.6 Å². The van der Waals surface area contributed by atoms with Crippen molar-refractivity contribution in [3.05, 3.63) is 34.8 Å². The van der Waals surface area contributed by atoms with Gasteiger partial charge in [-0.25, -0.2) is 9.97 Å². The molecule has 0 aliphatic rings. The number of hydrogen-bond acceptors (Lipinski definition) is 6. The predicted molar refractivity (Wildman–Crippen MR) is 69.7 cm³/mol. The van der Waals surface area contributed by atoms with Crippen molar-refractivity contribution in [2.24, 2.45) is 0 Å². The van der Waals surface area contributed by atoms with Crippen molar-refractivity contribution < 1.29 is 0 Å². The first-order valence-corrected chi connectivity index (χ1v) is 6.45. The molecule has 3 aromatic rings. The quantitative estimate of drug-likeness (QED) is 0.780. The number of nitrogens with one attached hydrogen (secondary N) is 1. The van der Waals surface area contributed by atoms with Crippen LogP contribution in [0, 0.1) is 6.92 Å². The number of thiazole rings is 1. The normalized spacial score (nSPS) is 12.8. The summed E-state index contributed by atoms with van der Waals surface area (Å²) in [5.74, 6) is 0.718. The van der Waals surface area contributed by atoms with Gasteiger partial charge in [0.05, 0.1) is 6.04 Å². The third kappa shape index (κ3) is 1.92. The van der Waals surface area contributed by atoms with Gasteiger partial charge in [-0.3, -0.25) is 4.40 Å². The zero-order chi connectivity index (χ0) is 12.5. The van der Waals surface area contributed by atoms with Crippen LogP contribution in [0.3, 0.4) is 0 Å². The van der Waals surface area contributed by atoms with E-state index in [2.05, 4.69) is 32.4 Å². The van der Waals surface area contributed by atoms with Crippen molar-refractivity contribution in [2.75, 3.05) is 5.32 Å². The Morgan fingerprint density at radius 2 is 2.33 bits per heavy atom. The second-order valence-electron chi connectivity index (χ2n) is 4.03. The Balaban J connectivity index is 1.90. The summed E-state index contributed by atoms with van der Waals surface area (Å²) in [5, 5.41) is 14.3. The van der Waals surface area contributed by atoms with E-state index in [9.17, 15) is 0 Å². The van der Waals surface area contributed by atoms with E-state index in [1.54, 1.807) is 23.9 Å². The zero-order valence-electron chi connectivity index (χ0n) is 10.0. The molecule has 92 valence electrons. The van der Waals surface area contributed by atoms with Gasteiger partial charge < -0.3 is 5.32 Å². The van der Waals surface area contributed by atoms with Crippen LogP contribution in [0.4, 0.5) is 5.82 Å². The molecule has 3 heterocycles. The van der Waals surface area contributed by atoms with Crippen molar-refractivity contribution in [1.29, 1.82) is 0 Å². The van der Waals surface area contributed by atoms with Crippen LogP contribution in [0.5, 0.6) is 0 Å². The van der Waals surface area contributed by atoms with Crippen LogP contribution in [0.15, 0.2) is 24.1 Å². The van der Waals surface area contributed by atoms with E-state index >= 15 is 0 Å². The van der Waals surface area contributed by atoms with Crippen LogP contribution < -0.4 is 5.32 Å². The van der Waals surface area contributed by atoms with Crippen molar-refractivity contribution in [3.8, 4) is 0 Å². The molecule has 0 saturated heterocycles. The van der Waals surface area contributed by atoms with E-state index in [0.29, 0.717) is 0 Å². The van der Waals surface area contributed by atoms with E-state index in [0.717, 1.165) is 22.2 Å². The van der Waals surface area contributed by atoms with Gasteiger partial charge in [-0.2, -0.15) is 0 Å². The number of aromatic nitrogens is 5. The number of nitrogens with zero attached hydrogens (tertiary/aromatic N) is 5. The minimum Gasteiger partial charge on any atom is -0.358 e. The highest BCUT2D eigenvalue weighted by atomic mass is 32.1. The fraction of sp³-hybridized carbons (Fsp3) is 0.273. The van der Waals surface area contributed by atoms with E-state index < -0.39 is 0 Å². The van der Waals surface area contributed by atoms with Gasteiger partial charge in [-0.15, -0.1) is 21.5 Å². The maximum atomic E-state index is 4.46. The van der Waals surface area contributed by atoms with Crippen LogP contribution >= 0.6 is 11.3 Å². The SMILES string of the molecule is Cc1csc(C(C)Nc2nccn3cnnc23)n1. The van der Waals surface area contributed by atoms with Gasteiger partial charge in [0, 0.05) is 23.5 Å². The summed E-state index contributed by atoms with van der Waals surface area (Å²) in [6.45, 7) is 4.05. The maximum Gasteiger partial charge on any atom is 0.203 e. The minimum absolute atomic E-state index is 0.0964. The molecule has 1 N–H and O–H groups in total. The van der Waals surface area contributed by atoms with Crippen molar-refractivity contribution in [3.63, 3.8) is 0 Å². The first kappa shape index (κ1) is 11.1. The largest absolute Gasteiger partial charge is 0.358 e. The van der Waals surface area contributed by atoms with Gasteiger partial charge in [0.2, 0.25) is 5.65 Å². The average molecular weight is 260 g/mol. The lowest BCUT2D eigenvalue weighted by Crippen LogP contribution is -2.09. The molecule has 0 saturated carbocycles. The molecule has 0 bridgehead atoms. The summed E-state index contributed by atoms with van der Waals surface area (Å²) in [4.78, 5) is 8.75. The molecule has 6 nitrogen and oxygen atoms in total. The monoisotopic (exact) mass is 260 g/mol.